The molecule has 2 aromatic carbocycles. The van der Waals surface area contributed by atoms with Crippen molar-refractivity contribution in [2.24, 2.45) is 5.92 Å². The van der Waals surface area contributed by atoms with E-state index in [0.717, 1.165) is 17.7 Å². The molecule has 1 heterocycles. The lowest BCUT2D eigenvalue weighted by Crippen LogP contribution is -2.43. The summed E-state index contributed by atoms with van der Waals surface area (Å²) in [6.45, 7) is 0.944. The Kier molecular flexibility index (Phi) is 6.52. The smallest absolute Gasteiger partial charge is 0.256 e. The van der Waals surface area contributed by atoms with Crippen molar-refractivity contribution in [3.8, 4) is 0 Å². The molecule has 0 atom stereocenters. The normalized spacial score (nSPS) is 14.8. The molecule has 3 rings (SSSR count). The molecule has 148 valence electrons. The highest BCUT2D eigenvalue weighted by Gasteiger charge is 2.28. The molecule has 8 heteroatoms. The van der Waals surface area contributed by atoms with Gasteiger partial charge in [0, 0.05) is 41.7 Å². The number of carbonyl (C=O) groups excluding carboxylic acids is 2. The van der Waals surface area contributed by atoms with Gasteiger partial charge in [0.2, 0.25) is 5.91 Å². The maximum absolute atomic E-state index is 13.8. The minimum Gasteiger partial charge on any atom is -0.352 e. The molecular weight excluding hydrogens is 409 g/mol. The van der Waals surface area contributed by atoms with Gasteiger partial charge in [-0.25, -0.2) is 8.78 Å². The Morgan fingerprint density at radius 2 is 1.79 bits per heavy atom. The van der Waals surface area contributed by atoms with E-state index in [2.05, 4.69) is 5.32 Å². The summed E-state index contributed by atoms with van der Waals surface area (Å²) >= 11 is 12.0. The number of nitrogens with one attached hydrogen (secondary N) is 1. The van der Waals surface area contributed by atoms with Crippen LogP contribution in [0.15, 0.2) is 36.4 Å². The molecule has 1 saturated heterocycles. The fourth-order valence-corrected chi connectivity index (χ4v) is 3.65. The fourth-order valence-electron chi connectivity index (χ4n) is 3.17. The van der Waals surface area contributed by atoms with Crippen LogP contribution in [0.5, 0.6) is 0 Å². The Hall–Kier alpha value is -2.18. The van der Waals surface area contributed by atoms with Gasteiger partial charge < -0.3 is 10.2 Å². The average Bonchev–Trinajstić information content (AvgIpc) is 2.67. The lowest BCUT2D eigenvalue weighted by molar-refractivity contribution is -0.126. The van der Waals surface area contributed by atoms with Crippen molar-refractivity contribution < 1.29 is 18.4 Å². The van der Waals surface area contributed by atoms with Gasteiger partial charge >= 0.3 is 0 Å². The quantitative estimate of drug-likeness (QED) is 0.785. The first kappa shape index (κ1) is 20.6. The topological polar surface area (TPSA) is 49.4 Å². The molecule has 0 bridgehead atoms. The van der Waals surface area contributed by atoms with E-state index in [1.165, 1.54) is 4.90 Å². The van der Waals surface area contributed by atoms with Gasteiger partial charge in [-0.3, -0.25) is 9.59 Å². The zero-order valence-corrected chi connectivity index (χ0v) is 16.4. The molecule has 0 radical (unpaired) electrons. The van der Waals surface area contributed by atoms with E-state index in [4.69, 9.17) is 23.2 Å². The molecule has 0 aromatic heterocycles. The third-order valence-electron chi connectivity index (χ3n) is 4.78. The lowest BCUT2D eigenvalue weighted by atomic mass is 9.95. The van der Waals surface area contributed by atoms with Gasteiger partial charge in [0.1, 0.15) is 11.6 Å². The van der Waals surface area contributed by atoms with Crippen molar-refractivity contribution in [1.82, 2.24) is 10.2 Å². The van der Waals surface area contributed by atoms with Crippen LogP contribution in [0.25, 0.3) is 0 Å². The average molecular weight is 427 g/mol. The molecule has 0 aliphatic carbocycles. The van der Waals surface area contributed by atoms with Crippen molar-refractivity contribution >= 4 is 35.0 Å². The number of nitrogens with zero attached hydrogens (tertiary/aromatic N) is 1. The zero-order chi connectivity index (χ0) is 20.3. The minimum atomic E-state index is -0.885. The number of rotatable bonds is 4. The van der Waals surface area contributed by atoms with Crippen molar-refractivity contribution in [2.45, 2.75) is 19.4 Å². The Bertz CT molecular complexity index is 900. The van der Waals surface area contributed by atoms with Crippen LogP contribution in [0.4, 0.5) is 8.78 Å². The van der Waals surface area contributed by atoms with Crippen LogP contribution in [0, 0.1) is 17.6 Å². The van der Waals surface area contributed by atoms with E-state index < -0.39 is 17.5 Å². The van der Waals surface area contributed by atoms with E-state index >= 15 is 0 Å². The van der Waals surface area contributed by atoms with Gasteiger partial charge in [-0.1, -0.05) is 29.3 Å². The summed E-state index contributed by atoms with van der Waals surface area (Å²) in [6, 6.07) is 7.95. The van der Waals surface area contributed by atoms with Gasteiger partial charge in [-0.2, -0.15) is 0 Å². The Morgan fingerprint density at radius 3 is 2.43 bits per heavy atom. The second-order valence-corrected chi connectivity index (χ2v) is 7.49. The Morgan fingerprint density at radius 1 is 1.07 bits per heavy atom. The van der Waals surface area contributed by atoms with Gasteiger partial charge in [0.05, 0.1) is 5.56 Å². The molecule has 1 N–H and O–H groups in total. The summed E-state index contributed by atoms with van der Waals surface area (Å²) in [4.78, 5) is 26.3. The standard InChI is InChI=1S/C20H18Cl2F2N2O2/c21-14-2-1-13(17(22)9-14)11-25-19(27)12-5-7-26(8-6-12)20(28)16-4-3-15(23)10-18(16)24/h1-4,9-10,12H,5-8,11H2,(H,25,27). The number of piperidine rings is 1. The van der Waals surface area contributed by atoms with Crippen molar-refractivity contribution in [1.29, 1.82) is 0 Å². The molecule has 0 unspecified atom stereocenters. The number of carbonyl (C=O) groups is 2. The zero-order valence-electron chi connectivity index (χ0n) is 14.9. The summed E-state index contributed by atoms with van der Waals surface area (Å²) < 4.78 is 26.8. The predicted molar refractivity (Wildman–Crippen MR) is 103 cm³/mol. The molecule has 0 saturated carbocycles. The first-order valence-corrected chi connectivity index (χ1v) is 9.56. The maximum Gasteiger partial charge on any atom is 0.256 e. The predicted octanol–water partition coefficient (Wildman–Crippen LogP) is 4.44. The van der Waals surface area contributed by atoms with Crippen LogP contribution in [0.2, 0.25) is 10.0 Å². The molecule has 28 heavy (non-hydrogen) atoms. The third kappa shape index (κ3) is 4.80. The lowest BCUT2D eigenvalue weighted by Gasteiger charge is -2.31. The molecule has 2 aromatic rings. The monoisotopic (exact) mass is 426 g/mol. The van der Waals surface area contributed by atoms with E-state index in [1.807, 2.05) is 0 Å². The summed E-state index contributed by atoms with van der Waals surface area (Å²) in [5.74, 6) is -2.47. The molecule has 1 fully saturated rings. The second kappa shape index (κ2) is 8.88. The SMILES string of the molecule is O=C(NCc1ccc(Cl)cc1Cl)C1CCN(C(=O)c2ccc(F)cc2F)CC1. The molecule has 0 spiro atoms. The van der Waals surface area contributed by atoms with E-state index in [0.29, 0.717) is 42.0 Å². The number of hydrogen-bond acceptors (Lipinski definition) is 2. The van der Waals surface area contributed by atoms with E-state index in [9.17, 15) is 18.4 Å². The van der Waals surface area contributed by atoms with Crippen LogP contribution < -0.4 is 5.32 Å². The Balaban J connectivity index is 1.53. The summed E-state index contributed by atoms with van der Waals surface area (Å²) in [5.41, 5.74) is 0.598. The van der Waals surface area contributed by atoms with E-state index in [1.54, 1.807) is 18.2 Å². The minimum absolute atomic E-state index is 0.119. The number of likely N-dealkylation sites (tertiary alicyclic amines) is 1. The highest BCUT2D eigenvalue weighted by Crippen LogP contribution is 2.23. The highest BCUT2D eigenvalue weighted by molar-refractivity contribution is 6.35. The first-order valence-electron chi connectivity index (χ1n) is 8.81. The maximum atomic E-state index is 13.8. The van der Waals surface area contributed by atoms with Crippen molar-refractivity contribution in [2.75, 3.05) is 13.1 Å². The van der Waals surface area contributed by atoms with E-state index in [-0.39, 0.29) is 23.9 Å². The van der Waals surface area contributed by atoms with Gasteiger partial charge in [-0.15, -0.1) is 0 Å². The van der Waals surface area contributed by atoms with Crippen LogP contribution in [0.3, 0.4) is 0 Å². The molecule has 4 nitrogen and oxygen atoms in total. The highest BCUT2D eigenvalue weighted by atomic mass is 35.5. The van der Waals surface area contributed by atoms with Gasteiger partial charge in [0.15, 0.2) is 0 Å². The molecule has 1 aliphatic heterocycles. The molecular formula is C20H18Cl2F2N2O2. The molecule has 2 amide bonds. The van der Waals surface area contributed by atoms with Crippen LogP contribution in [-0.4, -0.2) is 29.8 Å². The molecule has 1 aliphatic rings. The van der Waals surface area contributed by atoms with Crippen molar-refractivity contribution in [3.05, 3.63) is 69.2 Å². The number of halogens is 4. The third-order valence-corrected chi connectivity index (χ3v) is 5.37. The van der Waals surface area contributed by atoms with Crippen LogP contribution in [0.1, 0.15) is 28.8 Å². The number of amides is 2. The first-order chi connectivity index (χ1) is 13.3. The summed E-state index contributed by atoms with van der Waals surface area (Å²) in [7, 11) is 0. The number of benzene rings is 2. The van der Waals surface area contributed by atoms with Gasteiger partial charge in [-0.05, 0) is 42.7 Å². The largest absolute Gasteiger partial charge is 0.352 e. The fraction of sp³-hybridized carbons (Fsp3) is 0.300. The van der Waals surface area contributed by atoms with Gasteiger partial charge in [0.25, 0.3) is 5.91 Å². The van der Waals surface area contributed by atoms with Crippen LogP contribution in [-0.2, 0) is 11.3 Å². The second-order valence-electron chi connectivity index (χ2n) is 6.64. The Labute approximate surface area is 171 Å². The van der Waals surface area contributed by atoms with Crippen molar-refractivity contribution in [3.63, 3.8) is 0 Å². The number of hydrogen-bond donors (Lipinski definition) is 1. The summed E-state index contributed by atoms with van der Waals surface area (Å²) in [6.07, 6.45) is 0.934. The van der Waals surface area contributed by atoms with Crippen LogP contribution >= 0.6 is 23.2 Å². The summed E-state index contributed by atoms with van der Waals surface area (Å²) in [5, 5.41) is 3.85.